The number of rotatable bonds is 4. The van der Waals surface area contributed by atoms with Crippen LogP contribution < -0.4 is 5.32 Å². The topological polar surface area (TPSA) is 55.4 Å². The van der Waals surface area contributed by atoms with E-state index in [0.29, 0.717) is 33.5 Å². The van der Waals surface area contributed by atoms with Gasteiger partial charge in [-0.25, -0.2) is 4.79 Å². The molecular weight excluding hydrogens is 325 g/mol. The minimum atomic E-state index is -0.437. The number of hydrogen-bond donors (Lipinski definition) is 1. The Kier molecular flexibility index (Phi) is 5.41. The Hall–Kier alpha value is -2.04. The summed E-state index contributed by atoms with van der Waals surface area (Å²) in [5.74, 6) is -0.785. The summed E-state index contributed by atoms with van der Waals surface area (Å²) < 4.78 is 4.92. The van der Waals surface area contributed by atoms with E-state index in [1.165, 1.54) is 6.07 Å². The highest BCUT2D eigenvalue weighted by molar-refractivity contribution is 6.42. The molecule has 0 atom stereocenters. The van der Waals surface area contributed by atoms with E-state index in [1.807, 2.05) is 0 Å². The van der Waals surface area contributed by atoms with Gasteiger partial charge in [0.25, 0.3) is 5.91 Å². The van der Waals surface area contributed by atoms with Gasteiger partial charge in [0.2, 0.25) is 0 Å². The largest absolute Gasteiger partial charge is 0.462 e. The molecule has 0 saturated carbocycles. The van der Waals surface area contributed by atoms with Crippen molar-refractivity contribution in [2.75, 3.05) is 11.9 Å². The van der Waals surface area contributed by atoms with Crippen molar-refractivity contribution in [1.82, 2.24) is 0 Å². The lowest BCUT2D eigenvalue weighted by atomic mass is 10.1. The molecule has 0 spiro atoms. The lowest BCUT2D eigenvalue weighted by molar-refractivity contribution is 0.0526. The highest BCUT2D eigenvalue weighted by Crippen LogP contribution is 2.23. The highest BCUT2D eigenvalue weighted by Gasteiger charge is 2.11. The average Bonchev–Trinajstić information content (AvgIpc) is 2.50. The van der Waals surface area contributed by atoms with Crippen molar-refractivity contribution in [1.29, 1.82) is 0 Å². The van der Waals surface area contributed by atoms with Gasteiger partial charge in [0, 0.05) is 11.3 Å². The number of ether oxygens (including phenoxy) is 1. The Labute approximate surface area is 138 Å². The molecule has 0 aliphatic carbocycles. The quantitative estimate of drug-likeness (QED) is 0.840. The predicted octanol–water partition coefficient (Wildman–Crippen LogP) is 4.42. The second kappa shape index (κ2) is 7.29. The smallest absolute Gasteiger partial charge is 0.338 e. The van der Waals surface area contributed by atoms with Crippen LogP contribution in [-0.4, -0.2) is 18.5 Å². The molecule has 2 rings (SSSR count). The third kappa shape index (κ3) is 4.00. The molecule has 4 nitrogen and oxygen atoms in total. The normalized spacial score (nSPS) is 10.1. The van der Waals surface area contributed by atoms with Crippen molar-refractivity contribution in [3.63, 3.8) is 0 Å². The Morgan fingerprint density at radius 1 is 1.05 bits per heavy atom. The van der Waals surface area contributed by atoms with Crippen molar-refractivity contribution in [3.8, 4) is 0 Å². The Bertz CT molecular complexity index is 716. The lowest BCUT2D eigenvalue weighted by Gasteiger charge is -2.08. The molecule has 2 aromatic rings. The van der Waals surface area contributed by atoms with E-state index in [2.05, 4.69) is 5.32 Å². The summed E-state index contributed by atoms with van der Waals surface area (Å²) in [5.41, 5.74) is 1.23. The molecule has 1 N–H and O–H groups in total. The van der Waals surface area contributed by atoms with E-state index < -0.39 is 5.97 Å². The Morgan fingerprint density at radius 2 is 1.82 bits per heavy atom. The Morgan fingerprint density at radius 3 is 2.50 bits per heavy atom. The number of amides is 1. The second-order valence-electron chi connectivity index (χ2n) is 4.38. The second-order valence-corrected chi connectivity index (χ2v) is 5.20. The fourth-order valence-electron chi connectivity index (χ4n) is 1.78. The fourth-order valence-corrected chi connectivity index (χ4v) is 2.08. The number of benzene rings is 2. The van der Waals surface area contributed by atoms with Gasteiger partial charge in [0.15, 0.2) is 0 Å². The molecule has 0 unspecified atom stereocenters. The van der Waals surface area contributed by atoms with E-state index in [-0.39, 0.29) is 5.91 Å². The molecule has 1 amide bonds. The monoisotopic (exact) mass is 337 g/mol. The van der Waals surface area contributed by atoms with Crippen LogP contribution in [0.5, 0.6) is 0 Å². The van der Waals surface area contributed by atoms with Gasteiger partial charge in [-0.05, 0) is 43.3 Å². The van der Waals surface area contributed by atoms with E-state index in [1.54, 1.807) is 43.3 Å². The third-order valence-corrected chi connectivity index (χ3v) is 3.55. The summed E-state index contributed by atoms with van der Waals surface area (Å²) in [6.07, 6.45) is 0. The van der Waals surface area contributed by atoms with Crippen LogP contribution >= 0.6 is 23.2 Å². The van der Waals surface area contributed by atoms with Gasteiger partial charge in [0.1, 0.15) is 0 Å². The number of carbonyl (C=O) groups is 2. The number of hydrogen-bond acceptors (Lipinski definition) is 3. The molecule has 6 heteroatoms. The summed E-state index contributed by atoms with van der Waals surface area (Å²) in [5, 5.41) is 3.37. The van der Waals surface area contributed by atoms with Gasteiger partial charge in [0.05, 0.1) is 22.2 Å². The van der Waals surface area contributed by atoms with Crippen LogP contribution in [0.1, 0.15) is 27.6 Å². The van der Waals surface area contributed by atoms with Crippen LogP contribution in [0, 0.1) is 0 Å². The maximum Gasteiger partial charge on any atom is 0.338 e. The first-order valence-corrected chi connectivity index (χ1v) is 7.30. The van der Waals surface area contributed by atoms with Crippen LogP contribution in [0.4, 0.5) is 5.69 Å². The van der Waals surface area contributed by atoms with E-state index in [9.17, 15) is 9.59 Å². The molecule has 22 heavy (non-hydrogen) atoms. The van der Waals surface area contributed by atoms with Gasteiger partial charge in [-0.2, -0.15) is 0 Å². The van der Waals surface area contributed by atoms with Crippen LogP contribution in [0.3, 0.4) is 0 Å². The van der Waals surface area contributed by atoms with Gasteiger partial charge >= 0.3 is 5.97 Å². The summed E-state index contributed by atoms with van der Waals surface area (Å²) in [7, 11) is 0. The van der Waals surface area contributed by atoms with Crippen molar-refractivity contribution >= 4 is 40.8 Å². The summed E-state index contributed by atoms with van der Waals surface area (Å²) >= 11 is 11.7. The maximum absolute atomic E-state index is 12.2. The first kappa shape index (κ1) is 16.3. The van der Waals surface area contributed by atoms with Gasteiger partial charge in [-0.3, -0.25) is 4.79 Å². The number of esters is 1. The molecule has 0 fully saturated rings. The van der Waals surface area contributed by atoms with E-state index in [0.717, 1.165) is 0 Å². The number of nitrogens with one attached hydrogen (secondary N) is 1. The van der Waals surface area contributed by atoms with Gasteiger partial charge < -0.3 is 10.1 Å². The molecule has 0 aliphatic heterocycles. The standard InChI is InChI=1S/C16H13Cl2NO3/c1-2-22-16(21)11-4-3-5-12(8-11)19-15(20)10-6-7-13(17)14(18)9-10/h3-9H,2H2,1H3,(H,19,20). The van der Waals surface area contributed by atoms with Gasteiger partial charge in [-0.15, -0.1) is 0 Å². The SMILES string of the molecule is CCOC(=O)c1cccc(NC(=O)c2ccc(Cl)c(Cl)c2)c1. The minimum Gasteiger partial charge on any atom is -0.462 e. The van der Waals surface area contributed by atoms with Crippen molar-refractivity contribution in [3.05, 3.63) is 63.6 Å². The van der Waals surface area contributed by atoms with Crippen LogP contribution in [0.2, 0.25) is 10.0 Å². The van der Waals surface area contributed by atoms with Crippen molar-refractivity contribution < 1.29 is 14.3 Å². The lowest BCUT2D eigenvalue weighted by Crippen LogP contribution is -2.12. The summed E-state index contributed by atoms with van der Waals surface area (Å²) in [6.45, 7) is 2.02. The molecule has 0 heterocycles. The summed E-state index contributed by atoms with van der Waals surface area (Å²) in [4.78, 5) is 23.8. The first-order chi connectivity index (χ1) is 10.5. The first-order valence-electron chi connectivity index (χ1n) is 6.55. The number of halogens is 2. The summed E-state index contributed by atoms with van der Waals surface area (Å²) in [6, 6.07) is 11.1. The zero-order chi connectivity index (χ0) is 16.1. The van der Waals surface area contributed by atoms with E-state index in [4.69, 9.17) is 27.9 Å². The van der Waals surface area contributed by atoms with Crippen LogP contribution in [0.25, 0.3) is 0 Å². The molecular formula is C16H13Cl2NO3. The molecule has 2 aromatic carbocycles. The van der Waals surface area contributed by atoms with E-state index >= 15 is 0 Å². The van der Waals surface area contributed by atoms with Gasteiger partial charge in [-0.1, -0.05) is 29.3 Å². The fraction of sp³-hybridized carbons (Fsp3) is 0.125. The molecule has 0 aliphatic rings. The average molecular weight is 338 g/mol. The molecule has 0 aromatic heterocycles. The molecule has 114 valence electrons. The highest BCUT2D eigenvalue weighted by atomic mass is 35.5. The van der Waals surface area contributed by atoms with Crippen molar-refractivity contribution in [2.24, 2.45) is 0 Å². The van der Waals surface area contributed by atoms with Crippen molar-refractivity contribution in [2.45, 2.75) is 6.92 Å². The number of carbonyl (C=O) groups excluding carboxylic acids is 2. The molecule has 0 radical (unpaired) electrons. The maximum atomic E-state index is 12.2. The Balaban J connectivity index is 2.16. The molecule has 0 saturated heterocycles. The third-order valence-electron chi connectivity index (χ3n) is 2.81. The van der Waals surface area contributed by atoms with Crippen LogP contribution in [0.15, 0.2) is 42.5 Å². The zero-order valence-corrected chi connectivity index (χ0v) is 13.2. The molecule has 0 bridgehead atoms. The van der Waals surface area contributed by atoms with Crippen LogP contribution in [-0.2, 0) is 4.74 Å². The predicted molar refractivity (Wildman–Crippen MR) is 86.8 cm³/mol. The zero-order valence-electron chi connectivity index (χ0n) is 11.7. The minimum absolute atomic E-state index is 0.290. The number of anilines is 1.